The van der Waals surface area contributed by atoms with Crippen LogP contribution in [0.5, 0.6) is 5.75 Å². The summed E-state index contributed by atoms with van der Waals surface area (Å²) < 4.78 is 94.3. The van der Waals surface area contributed by atoms with Crippen molar-refractivity contribution in [3.63, 3.8) is 0 Å². The van der Waals surface area contributed by atoms with E-state index in [0.717, 1.165) is 62.7 Å². The highest BCUT2D eigenvalue weighted by Gasteiger charge is 2.44. The Labute approximate surface area is 226 Å². The summed E-state index contributed by atoms with van der Waals surface area (Å²) in [6, 6.07) is 5.94. The van der Waals surface area contributed by atoms with Crippen molar-refractivity contribution in [3.8, 4) is 5.75 Å². The Morgan fingerprint density at radius 2 is 1.21 bits per heavy atom. The van der Waals surface area contributed by atoms with Gasteiger partial charge in [-0.2, -0.15) is 4.39 Å². The number of hydrogen-bond donors (Lipinski definition) is 0. The quantitative estimate of drug-likeness (QED) is 0.0633. The van der Waals surface area contributed by atoms with Crippen LogP contribution in [0, 0.1) is 34.9 Å². The van der Waals surface area contributed by atoms with Gasteiger partial charge in [0, 0.05) is 5.39 Å². The second-order valence-electron chi connectivity index (χ2n) is 11.1. The molecule has 0 N–H and O–H groups in total. The third-order valence-corrected chi connectivity index (χ3v) is 20.2. The maximum Gasteiger partial charge on any atom is 0.253 e. The van der Waals surface area contributed by atoms with E-state index in [1.165, 1.54) is 0 Å². The lowest BCUT2D eigenvalue weighted by molar-refractivity contribution is 0.406. The zero-order valence-corrected chi connectivity index (χ0v) is 25.8. The molecule has 0 fully saturated rings. The summed E-state index contributed by atoms with van der Waals surface area (Å²) in [5.74, 6) is -11.4. The van der Waals surface area contributed by atoms with Crippen LogP contribution in [0.15, 0.2) is 6.07 Å². The first kappa shape index (κ1) is 32.7. The third kappa shape index (κ3) is 6.98. The number of rotatable bonds is 16. The molecular formula is C29H44F6OSi2. The minimum absolute atomic E-state index is 0.0327. The molecule has 1 unspecified atom stereocenters. The van der Waals surface area contributed by atoms with Gasteiger partial charge in [-0.3, -0.25) is 0 Å². The van der Waals surface area contributed by atoms with Crippen molar-refractivity contribution in [2.45, 2.75) is 122 Å². The highest BCUT2D eigenvalue weighted by atomic mass is 28.4. The van der Waals surface area contributed by atoms with E-state index < -0.39 is 67.8 Å². The molecule has 2 aromatic rings. The van der Waals surface area contributed by atoms with Crippen molar-refractivity contribution in [1.29, 1.82) is 0 Å². The lowest BCUT2D eigenvalue weighted by Gasteiger charge is -2.39. The summed E-state index contributed by atoms with van der Waals surface area (Å²) in [6.07, 6.45) is 6.27. The van der Waals surface area contributed by atoms with Crippen LogP contribution >= 0.6 is 0 Å². The van der Waals surface area contributed by atoms with Gasteiger partial charge in [0.15, 0.2) is 34.8 Å². The Morgan fingerprint density at radius 1 is 0.658 bits per heavy atom. The maximum absolute atomic E-state index is 15.6. The van der Waals surface area contributed by atoms with Gasteiger partial charge >= 0.3 is 0 Å². The Bertz CT molecular complexity index is 1070. The van der Waals surface area contributed by atoms with Gasteiger partial charge in [-0.05, 0) is 23.7 Å². The first-order chi connectivity index (χ1) is 17.9. The van der Waals surface area contributed by atoms with Crippen LogP contribution in [0.25, 0.3) is 10.8 Å². The van der Waals surface area contributed by atoms with Crippen molar-refractivity contribution < 1.29 is 30.8 Å². The highest BCUT2D eigenvalue weighted by molar-refractivity contribution is 6.83. The van der Waals surface area contributed by atoms with Crippen LogP contribution < -0.4 is 4.43 Å². The molecule has 1 atom stereocenters. The summed E-state index contributed by atoms with van der Waals surface area (Å²) in [7, 11) is -4.53. The van der Waals surface area contributed by atoms with E-state index in [1.54, 1.807) is 0 Å². The fourth-order valence-corrected chi connectivity index (χ4v) is 15.2. The van der Waals surface area contributed by atoms with E-state index in [2.05, 4.69) is 27.7 Å². The van der Waals surface area contributed by atoms with E-state index in [0.29, 0.717) is 18.2 Å². The number of benzene rings is 2. The number of fused-ring (bicyclic) bond motifs is 1. The van der Waals surface area contributed by atoms with E-state index >= 15 is 13.2 Å². The van der Waals surface area contributed by atoms with E-state index in [9.17, 15) is 13.2 Å². The lowest BCUT2D eigenvalue weighted by atomic mass is 10.1. The van der Waals surface area contributed by atoms with Crippen LogP contribution in [0.1, 0.15) is 80.1 Å². The number of hydrogen-bond acceptors (Lipinski definition) is 1. The lowest BCUT2D eigenvalue weighted by Crippen LogP contribution is -2.47. The molecule has 0 aliphatic carbocycles. The SMILES string of the molecule is CCCCCCCC[Si](CC[Si](CC)(CC)CC)(Oc1c(F)c(F)c2c(F)c(F)c(F)cc2c1F)C(C)C. The van der Waals surface area contributed by atoms with E-state index in [-0.39, 0.29) is 5.54 Å². The molecule has 0 aliphatic rings. The van der Waals surface area contributed by atoms with E-state index in [1.807, 2.05) is 13.8 Å². The molecule has 38 heavy (non-hydrogen) atoms. The highest BCUT2D eigenvalue weighted by Crippen LogP contribution is 2.43. The van der Waals surface area contributed by atoms with Gasteiger partial charge in [0.25, 0.3) is 8.32 Å². The Kier molecular flexibility index (Phi) is 12.3. The monoisotopic (exact) mass is 578 g/mol. The number of halogens is 6. The van der Waals surface area contributed by atoms with Crippen molar-refractivity contribution in [3.05, 3.63) is 41.0 Å². The molecule has 2 rings (SSSR count). The molecule has 0 bridgehead atoms. The minimum Gasteiger partial charge on any atom is -0.539 e. The Balaban J connectivity index is 2.58. The minimum atomic E-state index is -2.93. The summed E-state index contributed by atoms with van der Waals surface area (Å²) in [4.78, 5) is 0. The largest absolute Gasteiger partial charge is 0.539 e. The molecular weight excluding hydrogens is 534 g/mol. The first-order valence-corrected chi connectivity index (χ1v) is 19.5. The fraction of sp³-hybridized carbons (Fsp3) is 0.655. The second kappa shape index (κ2) is 14.2. The average Bonchev–Trinajstić information content (AvgIpc) is 2.90. The Hall–Kier alpha value is -1.49. The number of unbranched alkanes of at least 4 members (excludes halogenated alkanes) is 5. The van der Waals surface area contributed by atoms with Crippen LogP contribution in [0.2, 0.25) is 41.8 Å². The van der Waals surface area contributed by atoms with Crippen molar-refractivity contribution in [2.75, 3.05) is 0 Å². The molecule has 216 valence electrons. The third-order valence-electron chi connectivity index (χ3n) is 8.85. The summed E-state index contributed by atoms with van der Waals surface area (Å²) in [6.45, 7) is 12.7. The summed E-state index contributed by atoms with van der Waals surface area (Å²) >= 11 is 0. The Morgan fingerprint density at radius 3 is 1.76 bits per heavy atom. The molecule has 0 aromatic heterocycles. The average molecular weight is 579 g/mol. The van der Waals surface area contributed by atoms with E-state index in [4.69, 9.17) is 4.43 Å². The van der Waals surface area contributed by atoms with Gasteiger partial charge in [0.1, 0.15) is 0 Å². The molecule has 0 saturated carbocycles. The van der Waals surface area contributed by atoms with Gasteiger partial charge in [-0.25, -0.2) is 22.0 Å². The van der Waals surface area contributed by atoms with Crippen molar-refractivity contribution in [2.24, 2.45) is 0 Å². The van der Waals surface area contributed by atoms with Crippen LogP contribution in [0.3, 0.4) is 0 Å². The first-order valence-electron chi connectivity index (χ1n) is 14.3. The van der Waals surface area contributed by atoms with Crippen LogP contribution in [-0.2, 0) is 0 Å². The smallest absolute Gasteiger partial charge is 0.253 e. The fourth-order valence-electron chi connectivity index (χ4n) is 5.59. The van der Waals surface area contributed by atoms with Crippen molar-refractivity contribution >= 4 is 27.2 Å². The maximum atomic E-state index is 15.6. The zero-order valence-electron chi connectivity index (χ0n) is 23.8. The molecule has 9 heteroatoms. The van der Waals surface area contributed by atoms with Crippen LogP contribution in [0.4, 0.5) is 26.3 Å². The molecule has 0 spiro atoms. The topological polar surface area (TPSA) is 9.23 Å². The molecule has 0 heterocycles. The predicted octanol–water partition coefficient (Wildman–Crippen LogP) is 11.3. The van der Waals surface area contributed by atoms with Gasteiger partial charge < -0.3 is 4.43 Å². The second-order valence-corrected chi connectivity index (χ2v) is 21.2. The van der Waals surface area contributed by atoms with Gasteiger partial charge in [-0.15, -0.1) is 0 Å². The normalized spacial score (nSPS) is 13.9. The molecule has 0 amide bonds. The predicted molar refractivity (Wildman–Crippen MR) is 150 cm³/mol. The summed E-state index contributed by atoms with van der Waals surface area (Å²) in [5, 5.41) is -2.10. The zero-order chi connectivity index (χ0) is 28.7. The van der Waals surface area contributed by atoms with Crippen LogP contribution in [-0.4, -0.2) is 16.4 Å². The molecule has 1 nitrogen and oxygen atoms in total. The van der Waals surface area contributed by atoms with Gasteiger partial charge in [0.05, 0.1) is 13.5 Å². The summed E-state index contributed by atoms with van der Waals surface area (Å²) in [5.41, 5.74) is -0.0327. The van der Waals surface area contributed by atoms with Gasteiger partial charge in [0.2, 0.25) is 5.82 Å². The molecule has 0 aliphatic heterocycles. The molecule has 2 aromatic carbocycles. The van der Waals surface area contributed by atoms with Gasteiger partial charge in [-0.1, -0.05) is 104 Å². The standard InChI is InChI=1S/C29H44F6OSi2/c1-7-11-12-13-14-15-16-38(20(5)6,18-17-37(8-2,9-3)10-4)36-29-24(31)21-19-22(30)25(32)26(33)23(21)27(34)28(29)35/h19-20H,7-18H2,1-6H3. The van der Waals surface area contributed by atoms with Crippen molar-refractivity contribution in [1.82, 2.24) is 0 Å². The molecule has 0 saturated heterocycles. The molecule has 0 radical (unpaired) electrons.